The minimum Gasteiger partial charge on any atom is -0.341 e. The number of benzene rings is 1. The van der Waals surface area contributed by atoms with E-state index < -0.39 is 17.7 Å². The molecule has 1 aliphatic rings. The zero-order valence-electron chi connectivity index (χ0n) is 13.9. The van der Waals surface area contributed by atoms with Crippen LogP contribution in [0.15, 0.2) is 18.2 Å². The van der Waals surface area contributed by atoms with Crippen molar-refractivity contribution in [2.24, 2.45) is 0 Å². The smallest absolute Gasteiger partial charge is 0.318 e. The van der Waals surface area contributed by atoms with Crippen LogP contribution in [0.4, 0.5) is 13.6 Å². The lowest BCUT2D eigenvalue weighted by atomic mass is 10.1. The number of likely N-dealkylation sites (tertiary alicyclic amines) is 1. The second-order valence-electron chi connectivity index (χ2n) is 5.81. The highest BCUT2D eigenvalue weighted by molar-refractivity contribution is 5.84. The zero-order chi connectivity index (χ0) is 17.5. The summed E-state index contributed by atoms with van der Waals surface area (Å²) in [6.07, 6.45) is 3.08. The molecular formula is C17H23F2N3O2. The first-order valence-electron chi connectivity index (χ1n) is 8.26. The van der Waals surface area contributed by atoms with Crippen LogP contribution in [-0.2, 0) is 11.3 Å². The monoisotopic (exact) mass is 339 g/mol. The summed E-state index contributed by atoms with van der Waals surface area (Å²) in [4.78, 5) is 27.2. The van der Waals surface area contributed by atoms with Crippen molar-refractivity contribution >= 4 is 11.9 Å². The Hall–Kier alpha value is -2.18. The predicted molar refractivity (Wildman–Crippen MR) is 86.3 cm³/mol. The molecule has 7 heteroatoms. The number of carbonyl (C=O) groups is 2. The highest BCUT2D eigenvalue weighted by atomic mass is 19.1. The third-order valence-electron chi connectivity index (χ3n) is 4.18. The van der Waals surface area contributed by atoms with E-state index in [1.165, 1.54) is 11.0 Å². The van der Waals surface area contributed by atoms with E-state index in [2.05, 4.69) is 5.32 Å². The maximum atomic E-state index is 13.7. The molecule has 1 fully saturated rings. The van der Waals surface area contributed by atoms with Gasteiger partial charge in [-0.2, -0.15) is 0 Å². The van der Waals surface area contributed by atoms with Gasteiger partial charge in [0, 0.05) is 25.2 Å². The molecule has 2 rings (SSSR count). The molecule has 0 atom stereocenters. The molecule has 3 amide bonds. The van der Waals surface area contributed by atoms with Gasteiger partial charge in [-0.3, -0.25) is 4.79 Å². The summed E-state index contributed by atoms with van der Waals surface area (Å²) in [5, 5.41) is 2.54. The van der Waals surface area contributed by atoms with E-state index >= 15 is 0 Å². The van der Waals surface area contributed by atoms with Crippen molar-refractivity contribution < 1.29 is 18.4 Å². The van der Waals surface area contributed by atoms with E-state index in [0.717, 1.165) is 31.4 Å². The van der Waals surface area contributed by atoms with Gasteiger partial charge in [-0.05, 0) is 38.3 Å². The number of piperidine rings is 1. The molecule has 0 radical (unpaired) electrons. The van der Waals surface area contributed by atoms with Crippen LogP contribution in [0.5, 0.6) is 0 Å². The molecule has 1 aliphatic heterocycles. The minimum atomic E-state index is -0.689. The number of nitrogens with one attached hydrogen (secondary N) is 1. The summed E-state index contributed by atoms with van der Waals surface area (Å²) in [6.45, 7) is 3.13. The fourth-order valence-electron chi connectivity index (χ4n) is 2.72. The molecular weight excluding hydrogens is 316 g/mol. The van der Waals surface area contributed by atoms with Crippen molar-refractivity contribution in [1.29, 1.82) is 0 Å². The van der Waals surface area contributed by atoms with Gasteiger partial charge in [-0.1, -0.05) is 6.07 Å². The first kappa shape index (κ1) is 18.2. The van der Waals surface area contributed by atoms with Crippen molar-refractivity contribution in [2.75, 3.05) is 26.2 Å². The molecule has 1 aromatic carbocycles. The maximum Gasteiger partial charge on any atom is 0.318 e. The average Bonchev–Trinajstić information content (AvgIpc) is 2.60. The molecule has 1 N–H and O–H groups in total. The van der Waals surface area contributed by atoms with Gasteiger partial charge in [-0.25, -0.2) is 13.6 Å². The fourth-order valence-corrected chi connectivity index (χ4v) is 2.72. The normalized spacial score (nSPS) is 14.4. The number of nitrogens with zero attached hydrogens (tertiary/aromatic N) is 2. The van der Waals surface area contributed by atoms with Crippen molar-refractivity contribution in [3.8, 4) is 0 Å². The lowest BCUT2D eigenvalue weighted by Crippen LogP contribution is -2.46. The van der Waals surface area contributed by atoms with Crippen LogP contribution >= 0.6 is 0 Å². The Bertz CT molecular complexity index is 569. The summed E-state index contributed by atoms with van der Waals surface area (Å²) in [5.41, 5.74) is -0.156. The average molecular weight is 339 g/mol. The van der Waals surface area contributed by atoms with Gasteiger partial charge in [0.2, 0.25) is 5.91 Å². The van der Waals surface area contributed by atoms with Crippen LogP contribution in [0.1, 0.15) is 31.7 Å². The largest absolute Gasteiger partial charge is 0.341 e. The Kier molecular flexibility index (Phi) is 6.52. The van der Waals surface area contributed by atoms with Gasteiger partial charge in [0.1, 0.15) is 11.6 Å². The summed E-state index contributed by atoms with van der Waals surface area (Å²) in [7, 11) is 0. The molecule has 1 aromatic rings. The van der Waals surface area contributed by atoms with Crippen LogP contribution in [-0.4, -0.2) is 47.9 Å². The van der Waals surface area contributed by atoms with Crippen LogP contribution in [0, 0.1) is 11.6 Å². The molecule has 0 bridgehead atoms. The van der Waals surface area contributed by atoms with Crippen molar-refractivity contribution in [3.63, 3.8) is 0 Å². The second kappa shape index (κ2) is 8.61. The van der Waals surface area contributed by atoms with Crippen LogP contribution in [0.25, 0.3) is 0 Å². The quantitative estimate of drug-likeness (QED) is 0.896. The van der Waals surface area contributed by atoms with Crippen LogP contribution in [0.2, 0.25) is 0 Å². The molecule has 0 aromatic heterocycles. The summed E-state index contributed by atoms with van der Waals surface area (Å²) in [6, 6.07) is 3.08. The van der Waals surface area contributed by atoms with Gasteiger partial charge in [0.05, 0.1) is 13.1 Å². The molecule has 5 nitrogen and oxygen atoms in total. The van der Waals surface area contributed by atoms with Gasteiger partial charge in [-0.15, -0.1) is 0 Å². The van der Waals surface area contributed by atoms with E-state index in [1.54, 1.807) is 11.8 Å². The molecule has 0 saturated carbocycles. The van der Waals surface area contributed by atoms with Crippen LogP contribution in [0.3, 0.4) is 0 Å². The Morgan fingerprint density at radius 2 is 1.79 bits per heavy atom. The Morgan fingerprint density at radius 3 is 2.38 bits per heavy atom. The van der Waals surface area contributed by atoms with Gasteiger partial charge in [0.15, 0.2) is 0 Å². The van der Waals surface area contributed by atoms with E-state index in [4.69, 9.17) is 0 Å². The van der Waals surface area contributed by atoms with Gasteiger partial charge >= 0.3 is 6.03 Å². The van der Waals surface area contributed by atoms with E-state index in [9.17, 15) is 18.4 Å². The Morgan fingerprint density at radius 1 is 1.17 bits per heavy atom. The number of halogens is 2. The minimum absolute atomic E-state index is 0.102. The number of amides is 3. The van der Waals surface area contributed by atoms with E-state index in [1.807, 2.05) is 0 Å². The lowest BCUT2D eigenvalue weighted by molar-refractivity contribution is -0.130. The molecule has 0 aliphatic carbocycles. The SMILES string of the molecule is CCN(Cc1c(F)cccc1F)C(=O)NCC(=O)N1CCCCC1. The van der Waals surface area contributed by atoms with Gasteiger partial charge in [0.25, 0.3) is 0 Å². The number of carbonyl (C=O) groups excluding carboxylic acids is 2. The first-order chi connectivity index (χ1) is 11.5. The predicted octanol–water partition coefficient (Wildman–Crippen LogP) is 2.51. The van der Waals surface area contributed by atoms with Crippen molar-refractivity contribution in [1.82, 2.24) is 15.1 Å². The molecule has 1 saturated heterocycles. The Labute approximate surface area is 140 Å². The lowest BCUT2D eigenvalue weighted by Gasteiger charge is -2.27. The third kappa shape index (κ3) is 4.66. The molecule has 0 spiro atoms. The standard InChI is InChI=1S/C17H23F2N3O2/c1-2-21(12-13-14(18)7-6-8-15(13)19)17(24)20-11-16(23)22-9-4-3-5-10-22/h6-8H,2-5,9-12H2,1H3,(H,20,24). The zero-order valence-corrected chi connectivity index (χ0v) is 13.9. The van der Waals surface area contributed by atoms with Crippen molar-refractivity contribution in [2.45, 2.75) is 32.7 Å². The number of hydrogen-bond acceptors (Lipinski definition) is 2. The molecule has 0 unspecified atom stereocenters. The number of urea groups is 1. The molecule has 132 valence electrons. The van der Waals surface area contributed by atoms with E-state index in [0.29, 0.717) is 13.1 Å². The summed E-state index contributed by atoms with van der Waals surface area (Å²) < 4.78 is 27.4. The highest BCUT2D eigenvalue weighted by Crippen LogP contribution is 2.14. The second-order valence-corrected chi connectivity index (χ2v) is 5.81. The fraction of sp³-hybridized carbons (Fsp3) is 0.529. The molecule has 1 heterocycles. The molecule has 24 heavy (non-hydrogen) atoms. The number of hydrogen-bond donors (Lipinski definition) is 1. The maximum absolute atomic E-state index is 13.7. The van der Waals surface area contributed by atoms with Crippen molar-refractivity contribution in [3.05, 3.63) is 35.4 Å². The Balaban J connectivity index is 1.90. The third-order valence-corrected chi connectivity index (χ3v) is 4.18. The van der Waals surface area contributed by atoms with Crippen LogP contribution < -0.4 is 5.32 Å². The summed E-state index contributed by atoms with van der Waals surface area (Å²) >= 11 is 0. The highest BCUT2D eigenvalue weighted by Gasteiger charge is 2.20. The topological polar surface area (TPSA) is 52.7 Å². The summed E-state index contributed by atoms with van der Waals surface area (Å²) in [5.74, 6) is -1.51. The van der Waals surface area contributed by atoms with E-state index in [-0.39, 0.29) is 31.1 Å². The first-order valence-corrected chi connectivity index (χ1v) is 8.26. The number of rotatable bonds is 5. The van der Waals surface area contributed by atoms with Gasteiger partial charge < -0.3 is 15.1 Å².